The van der Waals surface area contributed by atoms with E-state index in [4.69, 9.17) is 0 Å². The minimum absolute atomic E-state index is 0.0637. The van der Waals surface area contributed by atoms with Crippen molar-refractivity contribution in [3.05, 3.63) is 40.8 Å². The molecule has 1 heterocycles. The molecule has 0 amide bonds. The fourth-order valence-electron chi connectivity index (χ4n) is 2.99. The van der Waals surface area contributed by atoms with E-state index in [2.05, 4.69) is 4.98 Å². The number of para-hydroxylation sites is 2. The lowest BCUT2D eigenvalue weighted by atomic mass is 10.0. The lowest BCUT2D eigenvalue weighted by molar-refractivity contribution is 0.125. The van der Waals surface area contributed by atoms with Crippen LogP contribution >= 0.6 is 0 Å². The van der Waals surface area contributed by atoms with Crippen molar-refractivity contribution in [1.29, 1.82) is 0 Å². The van der Waals surface area contributed by atoms with Crippen LogP contribution in [0.1, 0.15) is 25.7 Å². The van der Waals surface area contributed by atoms with Crippen LogP contribution in [-0.2, 0) is 6.54 Å². The third kappa shape index (κ3) is 2.40. The summed E-state index contributed by atoms with van der Waals surface area (Å²) in [6, 6.07) is 7.68. The largest absolute Gasteiger partial charge is 0.393 e. The van der Waals surface area contributed by atoms with Crippen molar-refractivity contribution < 1.29 is 5.11 Å². The van der Waals surface area contributed by atoms with Crippen molar-refractivity contribution in [2.45, 2.75) is 38.3 Å². The predicted octanol–water partition coefficient (Wildman–Crippen LogP) is 1.95. The summed E-state index contributed by atoms with van der Waals surface area (Å²) in [6.07, 6.45) is 5.11. The van der Waals surface area contributed by atoms with Gasteiger partial charge in [-0.3, -0.25) is 4.79 Å². The van der Waals surface area contributed by atoms with Crippen LogP contribution in [0, 0.1) is 5.92 Å². The summed E-state index contributed by atoms with van der Waals surface area (Å²) < 4.78 is 1.77. The Kier molecular flexibility index (Phi) is 3.34. The molecule has 100 valence electrons. The highest BCUT2D eigenvalue weighted by Crippen LogP contribution is 2.28. The van der Waals surface area contributed by atoms with Crippen LogP contribution in [0.25, 0.3) is 11.0 Å². The maximum absolute atomic E-state index is 12.0. The molecular weight excluding hydrogens is 240 g/mol. The molecule has 2 unspecified atom stereocenters. The number of aliphatic hydroxyl groups excluding tert-OH is 1. The third-order valence-electron chi connectivity index (χ3n) is 4.10. The quantitative estimate of drug-likeness (QED) is 0.915. The topological polar surface area (TPSA) is 55.1 Å². The molecule has 4 nitrogen and oxygen atoms in total. The highest BCUT2D eigenvalue weighted by molar-refractivity contribution is 5.74. The van der Waals surface area contributed by atoms with Crippen molar-refractivity contribution in [3.63, 3.8) is 0 Å². The van der Waals surface area contributed by atoms with E-state index in [1.165, 1.54) is 6.20 Å². The van der Waals surface area contributed by atoms with Gasteiger partial charge in [0, 0.05) is 6.54 Å². The molecule has 0 radical (unpaired) electrons. The zero-order valence-corrected chi connectivity index (χ0v) is 10.8. The molecule has 1 aliphatic carbocycles. The van der Waals surface area contributed by atoms with Crippen LogP contribution in [0.2, 0.25) is 0 Å². The Morgan fingerprint density at radius 2 is 2.16 bits per heavy atom. The monoisotopic (exact) mass is 258 g/mol. The zero-order valence-electron chi connectivity index (χ0n) is 10.8. The molecule has 2 atom stereocenters. The predicted molar refractivity (Wildman–Crippen MR) is 74.0 cm³/mol. The average Bonchev–Trinajstić information content (AvgIpc) is 2.83. The van der Waals surface area contributed by atoms with Crippen LogP contribution in [0.15, 0.2) is 35.3 Å². The highest BCUT2D eigenvalue weighted by Gasteiger charge is 2.24. The summed E-state index contributed by atoms with van der Waals surface area (Å²) >= 11 is 0. The molecule has 3 rings (SSSR count). The Bertz CT molecular complexity index is 635. The fraction of sp³-hybridized carbons (Fsp3) is 0.467. The first kappa shape index (κ1) is 12.4. The SMILES string of the molecule is O=c1cnc2ccccc2n1CCC1CCCC1O. The normalized spacial score (nSPS) is 23.0. The molecule has 1 saturated carbocycles. The lowest BCUT2D eigenvalue weighted by Crippen LogP contribution is -2.23. The van der Waals surface area contributed by atoms with Gasteiger partial charge in [0.1, 0.15) is 0 Å². The molecule has 1 N–H and O–H groups in total. The number of aryl methyl sites for hydroxylation is 1. The molecule has 0 bridgehead atoms. The van der Waals surface area contributed by atoms with Crippen LogP contribution in [0.3, 0.4) is 0 Å². The van der Waals surface area contributed by atoms with E-state index in [0.717, 1.165) is 36.7 Å². The van der Waals surface area contributed by atoms with Gasteiger partial charge in [-0.25, -0.2) is 4.98 Å². The Morgan fingerprint density at radius 1 is 1.32 bits per heavy atom. The van der Waals surface area contributed by atoms with Crippen molar-refractivity contribution in [1.82, 2.24) is 9.55 Å². The summed E-state index contributed by atoms with van der Waals surface area (Å²) in [4.78, 5) is 16.1. The van der Waals surface area contributed by atoms with Crippen molar-refractivity contribution in [2.24, 2.45) is 5.92 Å². The van der Waals surface area contributed by atoms with Gasteiger partial charge in [0.2, 0.25) is 0 Å². The summed E-state index contributed by atoms with van der Waals surface area (Å²) in [6.45, 7) is 0.656. The number of hydrogen-bond acceptors (Lipinski definition) is 3. The smallest absolute Gasteiger partial charge is 0.269 e. The Labute approximate surface area is 111 Å². The average molecular weight is 258 g/mol. The molecule has 1 aromatic carbocycles. The molecule has 0 spiro atoms. The summed E-state index contributed by atoms with van der Waals surface area (Å²) in [7, 11) is 0. The molecule has 4 heteroatoms. The summed E-state index contributed by atoms with van der Waals surface area (Å²) in [5, 5.41) is 9.85. The first-order valence-corrected chi connectivity index (χ1v) is 6.88. The molecule has 1 aliphatic rings. The van der Waals surface area contributed by atoms with Gasteiger partial charge in [0.25, 0.3) is 5.56 Å². The number of rotatable bonds is 3. The second-order valence-electron chi connectivity index (χ2n) is 5.28. The summed E-state index contributed by atoms with van der Waals surface area (Å²) in [5.41, 5.74) is 1.66. The molecule has 0 saturated heterocycles. The highest BCUT2D eigenvalue weighted by atomic mass is 16.3. The Morgan fingerprint density at radius 3 is 2.95 bits per heavy atom. The van der Waals surface area contributed by atoms with Crippen LogP contribution < -0.4 is 5.56 Å². The van der Waals surface area contributed by atoms with E-state index >= 15 is 0 Å². The molecule has 1 fully saturated rings. The maximum Gasteiger partial charge on any atom is 0.269 e. The number of nitrogens with zero attached hydrogens (tertiary/aromatic N) is 2. The number of aliphatic hydroxyl groups is 1. The van der Waals surface area contributed by atoms with Crippen molar-refractivity contribution >= 4 is 11.0 Å². The Hall–Kier alpha value is -1.68. The second-order valence-corrected chi connectivity index (χ2v) is 5.28. The van der Waals surface area contributed by atoms with Crippen LogP contribution in [0.4, 0.5) is 0 Å². The number of aromatic nitrogens is 2. The second kappa shape index (κ2) is 5.13. The maximum atomic E-state index is 12.0. The molecule has 2 aromatic rings. The Balaban J connectivity index is 1.87. The first-order valence-electron chi connectivity index (χ1n) is 6.88. The fourth-order valence-corrected chi connectivity index (χ4v) is 2.99. The van der Waals surface area contributed by atoms with Crippen molar-refractivity contribution in [2.75, 3.05) is 0 Å². The van der Waals surface area contributed by atoms with Crippen molar-refractivity contribution in [3.8, 4) is 0 Å². The van der Waals surface area contributed by atoms with Crippen LogP contribution in [-0.4, -0.2) is 20.8 Å². The first-order chi connectivity index (χ1) is 9.25. The molecule has 1 aromatic heterocycles. The van der Waals surface area contributed by atoms with E-state index < -0.39 is 0 Å². The standard InChI is InChI=1S/C15H18N2O2/c18-14-7-3-4-11(14)8-9-17-13-6-2-1-5-12(13)16-10-15(17)19/h1-2,5-6,10-11,14,18H,3-4,7-9H2. The van der Waals surface area contributed by atoms with Gasteiger partial charge in [0.05, 0.1) is 23.3 Å². The van der Waals surface area contributed by atoms with Gasteiger partial charge in [-0.05, 0) is 37.3 Å². The lowest BCUT2D eigenvalue weighted by Gasteiger charge is -2.16. The zero-order chi connectivity index (χ0) is 13.2. The number of benzene rings is 1. The van der Waals surface area contributed by atoms with E-state index in [-0.39, 0.29) is 11.7 Å². The van der Waals surface area contributed by atoms with Gasteiger partial charge in [-0.2, -0.15) is 0 Å². The number of hydrogen-bond donors (Lipinski definition) is 1. The van der Waals surface area contributed by atoms with Gasteiger partial charge < -0.3 is 9.67 Å². The van der Waals surface area contributed by atoms with E-state index in [0.29, 0.717) is 12.5 Å². The van der Waals surface area contributed by atoms with Gasteiger partial charge in [-0.1, -0.05) is 18.6 Å². The molecular formula is C15H18N2O2. The van der Waals surface area contributed by atoms with Crippen LogP contribution in [0.5, 0.6) is 0 Å². The number of fused-ring (bicyclic) bond motifs is 1. The summed E-state index contributed by atoms with van der Waals surface area (Å²) in [5.74, 6) is 0.332. The van der Waals surface area contributed by atoms with E-state index in [1.807, 2.05) is 24.3 Å². The van der Waals surface area contributed by atoms with E-state index in [9.17, 15) is 9.90 Å². The van der Waals surface area contributed by atoms with Gasteiger partial charge in [-0.15, -0.1) is 0 Å². The van der Waals surface area contributed by atoms with Gasteiger partial charge >= 0.3 is 0 Å². The van der Waals surface area contributed by atoms with Gasteiger partial charge in [0.15, 0.2) is 0 Å². The molecule has 0 aliphatic heterocycles. The third-order valence-corrected chi connectivity index (χ3v) is 4.10. The van der Waals surface area contributed by atoms with E-state index in [1.54, 1.807) is 4.57 Å². The molecule has 19 heavy (non-hydrogen) atoms. The minimum Gasteiger partial charge on any atom is -0.393 e. The minimum atomic E-state index is -0.191.